The summed E-state index contributed by atoms with van der Waals surface area (Å²) in [6.45, 7) is 2.24. The fraction of sp³-hybridized carbons (Fsp3) is 0.750. The Morgan fingerprint density at radius 2 is 1.68 bits per heavy atom. The highest BCUT2D eigenvalue weighted by Gasteiger charge is 2.27. The van der Waals surface area contributed by atoms with Crippen molar-refractivity contribution in [1.29, 1.82) is 0 Å². The Bertz CT molecular complexity index is 310. The van der Waals surface area contributed by atoms with Crippen LogP contribution in [0.1, 0.15) is 71.1 Å². The van der Waals surface area contributed by atoms with Gasteiger partial charge in [0.2, 0.25) is 11.8 Å². The van der Waals surface area contributed by atoms with Gasteiger partial charge in [-0.25, -0.2) is 0 Å². The summed E-state index contributed by atoms with van der Waals surface area (Å²) < 4.78 is 0. The number of amides is 2. The second-order valence-electron chi connectivity index (χ2n) is 5.41. The van der Waals surface area contributed by atoms with Gasteiger partial charge < -0.3 is 0 Å². The predicted molar refractivity (Wildman–Crippen MR) is 77.6 cm³/mol. The molecule has 0 aromatic rings. The number of allylic oxidation sites excluding steroid dienone is 1. The summed E-state index contributed by atoms with van der Waals surface area (Å²) in [6, 6.07) is 0. The first-order chi connectivity index (χ1) is 9.24. The van der Waals surface area contributed by atoms with Gasteiger partial charge >= 0.3 is 0 Å². The van der Waals surface area contributed by atoms with Gasteiger partial charge in [0.15, 0.2) is 0 Å². The quantitative estimate of drug-likeness (QED) is 0.371. The topological polar surface area (TPSA) is 46.2 Å². The molecule has 1 aliphatic rings. The third-order valence-electron chi connectivity index (χ3n) is 3.60. The lowest BCUT2D eigenvalue weighted by molar-refractivity contribution is -0.125. The highest BCUT2D eigenvalue weighted by Crippen LogP contribution is 2.14. The van der Waals surface area contributed by atoms with E-state index in [1.165, 1.54) is 51.4 Å². The molecule has 0 aliphatic carbocycles. The second kappa shape index (κ2) is 9.76. The van der Waals surface area contributed by atoms with E-state index in [-0.39, 0.29) is 17.7 Å². The van der Waals surface area contributed by atoms with Crippen LogP contribution in [0.2, 0.25) is 0 Å². The largest absolute Gasteiger partial charge is 0.296 e. The zero-order valence-corrected chi connectivity index (χ0v) is 12.1. The standard InChI is InChI=1S/C16H27NO2/c1-2-3-4-5-6-7-8-9-10-11-12-14-13-15(18)17-16(14)19/h11-12,14H,2-10,13H2,1H3,(H,17,18,19)/b12-11+. The normalized spacial score (nSPS) is 19.3. The first-order valence-electron chi connectivity index (χ1n) is 7.74. The van der Waals surface area contributed by atoms with Crippen molar-refractivity contribution in [2.24, 2.45) is 5.92 Å². The van der Waals surface area contributed by atoms with Gasteiger partial charge in [0.1, 0.15) is 0 Å². The minimum absolute atomic E-state index is 0.142. The summed E-state index contributed by atoms with van der Waals surface area (Å²) >= 11 is 0. The van der Waals surface area contributed by atoms with Crippen LogP contribution in [0.15, 0.2) is 12.2 Å². The van der Waals surface area contributed by atoms with Gasteiger partial charge in [-0.2, -0.15) is 0 Å². The van der Waals surface area contributed by atoms with Crippen molar-refractivity contribution in [2.75, 3.05) is 0 Å². The van der Waals surface area contributed by atoms with E-state index in [4.69, 9.17) is 0 Å². The van der Waals surface area contributed by atoms with Crippen LogP contribution in [0.3, 0.4) is 0 Å². The SMILES string of the molecule is CCCCCCCCCC/C=C/C1CC(=O)NC1=O. The molecule has 1 heterocycles. The number of imide groups is 1. The van der Waals surface area contributed by atoms with Gasteiger partial charge in [-0.1, -0.05) is 64.0 Å². The van der Waals surface area contributed by atoms with E-state index in [1.807, 2.05) is 6.08 Å². The molecular weight excluding hydrogens is 238 g/mol. The summed E-state index contributed by atoms with van der Waals surface area (Å²) in [6.07, 6.45) is 15.8. The summed E-state index contributed by atoms with van der Waals surface area (Å²) in [5, 5.41) is 2.32. The van der Waals surface area contributed by atoms with Gasteiger partial charge in [0.25, 0.3) is 0 Å². The summed E-state index contributed by atoms with van der Waals surface area (Å²) in [4.78, 5) is 22.3. The van der Waals surface area contributed by atoms with Gasteiger partial charge in [0.05, 0.1) is 5.92 Å². The summed E-state index contributed by atoms with van der Waals surface area (Å²) in [5.74, 6) is -0.509. The molecule has 19 heavy (non-hydrogen) atoms. The van der Waals surface area contributed by atoms with Crippen LogP contribution in [0.5, 0.6) is 0 Å². The highest BCUT2D eigenvalue weighted by molar-refractivity contribution is 6.04. The third-order valence-corrected chi connectivity index (χ3v) is 3.60. The molecule has 1 N–H and O–H groups in total. The molecule has 1 unspecified atom stereocenters. The summed E-state index contributed by atoms with van der Waals surface area (Å²) in [5.41, 5.74) is 0. The Morgan fingerprint density at radius 3 is 2.26 bits per heavy atom. The van der Waals surface area contributed by atoms with Crippen molar-refractivity contribution in [3.8, 4) is 0 Å². The average Bonchev–Trinajstić information content (AvgIpc) is 2.70. The Hall–Kier alpha value is -1.12. The van der Waals surface area contributed by atoms with Crippen molar-refractivity contribution in [3.63, 3.8) is 0 Å². The van der Waals surface area contributed by atoms with E-state index in [0.717, 1.165) is 6.42 Å². The average molecular weight is 265 g/mol. The van der Waals surface area contributed by atoms with Crippen molar-refractivity contribution < 1.29 is 9.59 Å². The molecule has 1 fully saturated rings. The Balaban J connectivity index is 1.93. The number of unbranched alkanes of at least 4 members (excludes halogenated alkanes) is 8. The van der Waals surface area contributed by atoms with Crippen LogP contribution in [0.4, 0.5) is 0 Å². The maximum absolute atomic E-state index is 11.3. The first kappa shape index (κ1) is 15.9. The zero-order chi connectivity index (χ0) is 13.9. The molecular formula is C16H27NO2. The second-order valence-corrected chi connectivity index (χ2v) is 5.41. The number of hydrogen-bond acceptors (Lipinski definition) is 2. The molecule has 3 nitrogen and oxygen atoms in total. The Morgan fingerprint density at radius 1 is 1.05 bits per heavy atom. The van der Waals surface area contributed by atoms with Crippen LogP contribution >= 0.6 is 0 Å². The van der Waals surface area contributed by atoms with Gasteiger partial charge in [-0.3, -0.25) is 14.9 Å². The van der Waals surface area contributed by atoms with E-state index >= 15 is 0 Å². The molecule has 1 rings (SSSR count). The molecule has 108 valence electrons. The molecule has 0 aromatic carbocycles. The number of rotatable bonds is 10. The van der Waals surface area contributed by atoms with Crippen LogP contribution in [0.25, 0.3) is 0 Å². The highest BCUT2D eigenvalue weighted by atomic mass is 16.2. The Labute approximate surface area is 116 Å². The van der Waals surface area contributed by atoms with Crippen LogP contribution in [0, 0.1) is 5.92 Å². The monoisotopic (exact) mass is 265 g/mol. The van der Waals surface area contributed by atoms with Gasteiger partial charge in [0, 0.05) is 6.42 Å². The minimum atomic E-state index is -0.221. The molecule has 0 bridgehead atoms. The Kier molecular flexibility index (Phi) is 8.19. The fourth-order valence-corrected chi connectivity index (χ4v) is 2.39. The van der Waals surface area contributed by atoms with E-state index in [9.17, 15) is 9.59 Å². The smallest absolute Gasteiger partial charge is 0.233 e. The van der Waals surface area contributed by atoms with Crippen molar-refractivity contribution in [3.05, 3.63) is 12.2 Å². The minimum Gasteiger partial charge on any atom is -0.296 e. The van der Waals surface area contributed by atoms with Crippen LogP contribution in [-0.2, 0) is 9.59 Å². The van der Waals surface area contributed by atoms with Gasteiger partial charge in [-0.15, -0.1) is 0 Å². The number of nitrogens with one attached hydrogen (secondary N) is 1. The number of carbonyl (C=O) groups is 2. The molecule has 1 aliphatic heterocycles. The summed E-state index contributed by atoms with van der Waals surface area (Å²) in [7, 11) is 0. The molecule has 0 aromatic heterocycles. The van der Waals surface area contributed by atoms with Crippen LogP contribution < -0.4 is 5.32 Å². The maximum atomic E-state index is 11.3. The zero-order valence-electron chi connectivity index (χ0n) is 12.1. The van der Waals surface area contributed by atoms with Crippen LogP contribution in [-0.4, -0.2) is 11.8 Å². The number of carbonyl (C=O) groups excluding carboxylic acids is 2. The predicted octanol–water partition coefficient (Wildman–Crippen LogP) is 3.74. The maximum Gasteiger partial charge on any atom is 0.233 e. The molecule has 1 saturated heterocycles. The van der Waals surface area contributed by atoms with E-state index < -0.39 is 0 Å². The fourth-order valence-electron chi connectivity index (χ4n) is 2.39. The van der Waals surface area contributed by atoms with E-state index in [2.05, 4.69) is 18.3 Å². The first-order valence-corrected chi connectivity index (χ1v) is 7.74. The van der Waals surface area contributed by atoms with E-state index in [0.29, 0.717) is 6.42 Å². The molecule has 0 saturated carbocycles. The molecule has 0 spiro atoms. The molecule has 0 radical (unpaired) electrons. The number of hydrogen-bond donors (Lipinski definition) is 1. The molecule has 1 atom stereocenters. The van der Waals surface area contributed by atoms with Crippen molar-refractivity contribution >= 4 is 11.8 Å². The lowest BCUT2D eigenvalue weighted by Gasteiger charge is -2.00. The molecule has 3 heteroatoms. The van der Waals surface area contributed by atoms with E-state index in [1.54, 1.807) is 0 Å². The van der Waals surface area contributed by atoms with Crippen molar-refractivity contribution in [1.82, 2.24) is 5.32 Å². The lowest BCUT2D eigenvalue weighted by atomic mass is 10.0. The van der Waals surface area contributed by atoms with Gasteiger partial charge in [-0.05, 0) is 12.8 Å². The van der Waals surface area contributed by atoms with Crippen molar-refractivity contribution in [2.45, 2.75) is 71.1 Å². The lowest BCUT2D eigenvalue weighted by Crippen LogP contribution is -2.21. The third kappa shape index (κ3) is 7.14. The molecule has 2 amide bonds.